The summed E-state index contributed by atoms with van der Waals surface area (Å²) in [5, 5.41) is 16.6. The summed E-state index contributed by atoms with van der Waals surface area (Å²) in [4.78, 5) is 0. The highest BCUT2D eigenvalue weighted by atomic mass is 16.5. The van der Waals surface area contributed by atoms with E-state index in [9.17, 15) is 5.26 Å². The number of hydrogen-bond acceptors (Lipinski definition) is 5. The normalized spacial score (nSPS) is 9.95. The summed E-state index contributed by atoms with van der Waals surface area (Å²) in [6.07, 6.45) is 0. The van der Waals surface area contributed by atoms with Gasteiger partial charge in [-0.3, -0.25) is 4.68 Å². The summed E-state index contributed by atoms with van der Waals surface area (Å²) in [5.74, 6) is 1.97. The monoisotopic (exact) mass is 272 g/mol. The zero-order valence-electron chi connectivity index (χ0n) is 11.9. The van der Waals surface area contributed by atoms with Crippen LogP contribution in [0.4, 0.5) is 11.5 Å². The van der Waals surface area contributed by atoms with E-state index in [1.165, 1.54) is 0 Å². The van der Waals surface area contributed by atoms with E-state index in [1.807, 2.05) is 12.1 Å². The number of hydrogen-bond donors (Lipinski definition) is 1. The molecule has 2 aromatic rings. The predicted octanol–water partition coefficient (Wildman–Crippen LogP) is 2.36. The second-order valence-electron chi connectivity index (χ2n) is 4.24. The molecule has 0 aliphatic carbocycles. The fraction of sp³-hybridized carbons (Fsp3) is 0.286. The van der Waals surface area contributed by atoms with Gasteiger partial charge in [-0.2, -0.15) is 10.4 Å². The van der Waals surface area contributed by atoms with Gasteiger partial charge in [-0.05, 0) is 19.1 Å². The van der Waals surface area contributed by atoms with Gasteiger partial charge in [0.1, 0.15) is 28.9 Å². The molecule has 0 amide bonds. The van der Waals surface area contributed by atoms with E-state index in [1.54, 1.807) is 38.9 Å². The second-order valence-corrected chi connectivity index (χ2v) is 4.24. The smallest absolute Gasteiger partial charge is 0.146 e. The lowest BCUT2D eigenvalue weighted by Gasteiger charge is -2.12. The van der Waals surface area contributed by atoms with Crippen molar-refractivity contribution in [1.82, 2.24) is 9.78 Å². The number of nitriles is 1. The van der Waals surface area contributed by atoms with Crippen LogP contribution in [0.5, 0.6) is 11.5 Å². The standard InChI is InChI=1S/C14H16N4O2/c1-9-11(8-15)14(18(2)17-9)16-12-6-5-10(19-3)7-13(12)20-4/h5-7,16H,1-4H3. The average molecular weight is 272 g/mol. The molecule has 1 N–H and O–H groups in total. The van der Waals surface area contributed by atoms with Crippen molar-refractivity contribution in [2.24, 2.45) is 7.05 Å². The van der Waals surface area contributed by atoms with Crippen molar-refractivity contribution in [3.8, 4) is 17.6 Å². The van der Waals surface area contributed by atoms with Crippen molar-refractivity contribution in [1.29, 1.82) is 5.26 Å². The van der Waals surface area contributed by atoms with Gasteiger partial charge in [-0.1, -0.05) is 0 Å². The fourth-order valence-corrected chi connectivity index (χ4v) is 1.96. The number of benzene rings is 1. The highest BCUT2D eigenvalue weighted by molar-refractivity contribution is 5.70. The largest absolute Gasteiger partial charge is 0.497 e. The summed E-state index contributed by atoms with van der Waals surface area (Å²) >= 11 is 0. The Morgan fingerprint density at radius 1 is 1.30 bits per heavy atom. The van der Waals surface area contributed by atoms with Crippen molar-refractivity contribution in [3.63, 3.8) is 0 Å². The second kappa shape index (κ2) is 5.53. The van der Waals surface area contributed by atoms with Crippen LogP contribution in [0.2, 0.25) is 0 Å². The zero-order chi connectivity index (χ0) is 14.7. The molecule has 0 saturated heterocycles. The van der Waals surface area contributed by atoms with Crippen LogP contribution in [0.1, 0.15) is 11.3 Å². The molecule has 1 aromatic carbocycles. The number of aryl methyl sites for hydroxylation is 2. The Bertz CT molecular complexity index is 671. The summed E-state index contributed by atoms with van der Waals surface area (Å²) in [6, 6.07) is 7.58. The average Bonchev–Trinajstić information content (AvgIpc) is 2.73. The van der Waals surface area contributed by atoms with E-state index in [-0.39, 0.29) is 0 Å². The molecule has 104 valence electrons. The van der Waals surface area contributed by atoms with Gasteiger partial charge in [0.25, 0.3) is 0 Å². The van der Waals surface area contributed by atoms with E-state index < -0.39 is 0 Å². The summed E-state index contributed by atoms with van der Waals surface area (Å²) in [7, 11) is 4.96. The molecular formula is C14H16N4O2. The molecule has 0 spiro atoms. The third kappa shape index (κ3) is 2.38. The first-order valence-electron chi connectivity index (χ1n) is 6.03. The van der Waals surface area contributed by atoms with E-state index in [0.29, 0.717) is 28.6 Å². The van der Waals surface area contributed by atoms with Crippen LogP contribution in [-0.4, -0.2) is 24.0 Å². The van der Waals surface area contributed by atoms with Gasteiger partial charge in [0.05, 0.1) is 25.6 Å². The molecule has 1 heterocycles. The number of aromatic nitrogens is 2. The SMILES string of the molecule is COc1ccc(Nc2c(C#N)c(C)nn2C)c(OC)c1. The Morgan fingerprint density at radius 3 is 2.65 bits per heavy atom. The lowest BCUT2D eigenvalue weighted by molar-refractivity contribution is 0.395. The molecule has 0 atom stereocenters. The van der Waals surface area contributed by atoms with E-state index in [0.717, 1.165) is 5.69 Å². The molecule has 2 rings (SSSR count). The van der Waals surface area contributed by atoms with E-state index in [2.05, 4.69) is 16.5 Å². The van der Waals surface area contributed by atoms with E-state index >= 15 is 0 Å². The molecule has 0 aliphatic rings. The first-order chi connectivity index (χ1) is 9.60. The van der Waals surface area contributed by atoms with Gasteiger partial charge < -0.3 is 14.8 Å². The molecule has 6 nitrogen and oxygen atoms in total. The number of nitrogens with zero attached hydrogens (tertiary/aromatic N) is 3. The number of rotatable bonds is 4. The Kier molecular flexibility index (Phi) is 3.80. The topological polar surface area (TPSA) is 72.1 Å². The predicted molar refractivity (Wildman–Crippen MR) is 75.5 cm³/mol. The summed E-state index contributed by atoms with van der Waals surface area (Å²) < 4.78 is 12.1. The van der Waals surface area contributed by atoms with Gasteiger partial charge in [0, 0.05) is 13.1 Å². The van der Waals surface area contributed by atoms with Crippen LogP contribution in [0.3, 0.4) is 0 Å². The maximum atomic E-state index is 9.20. The molecule has 0 fully saturated rings. The van der Waals surface area contributed by atoms with Crippen LogP contribution in [0.15, 0.2) is 18.2 Å². The Balaban J connectivity index is 2.43. The highest BCUT2D eigenvalue weighted by Gasteiger charge is 2.15. The van der Waals surface area contributed by atoms with Crippen molar-refractivity contribution in [2.75, 3.05) is 19.5 Å². The third-order valence-corrected chi connectivity index (χ3v) is 3.00. The lowest BCUT2D eigenvalue weighted by atomic mass is 10.2. The molecule has 20 heavy (non-hydrogen) atoms. The zero-order valence-corrected chi connectivity index (χ0v) is 11.9. The molecular weight excluding hydrogens is 256 g/mol. The Hall–Kier alpha value is -2.68. The number of ether oxygens (including phenoxy) is 2. The summed E-state index contributed by atoms with van der Waals surface area (Å²) in [6.45, 7) is 1.80. The highest BCUT2D eigenvalue weighted by Crippen LogP contribution is 2.32. The van der Waals surface area contributed by atoms with Crippen molar-refractivity contribution >= 4 is 11.5 Å². The fourth-order valence-electron chi connectivity index (χ4n) is 1.96. The quantitative estimate of drug-likeness (QED) is 0.925. The molecule has 1 aromatic heterocycles. The third-order valence-electron chi connectivity index (χ3n) is 3.00. The van der Waals surface area contributed by atoms with Gasteiger partial charge in [-0.25, -0.2) is 0 Å². The summed E-state index contributed by atoms with van der Waals surface area (Å²) in [5.41, 5.74) is 1.95. The Morgan fingerprint density at radius 2 is 2.05 bits per heavy atom. The van der Waals surface area contributed by atoms with Crippen LogP contribution in [0.25, 0.3) is 0 Å². The lowest BCUT2D eigenvalue weighted by Crippen LogP contribution is -2.02. The molecule has 0 unspecified atom stereocenters. The minimum Gasteiger partial charge on any atom is -0.497 e. The molecule has 6 heteroatoms. The van der Waals surface area contributed by atoms with Crippen LogP contribution in [0, 0.1) is 18.3 Å². The maximum Gasteiger partial charge on any atom is 0.146 e. The maximum absolute atomic E-state index is 9.20. The molecule has 0 aliphatic heterocycles. The van der Waals surface area contributed by atoms with Crippen LogP contribution in [-0.2, 0) is 7.05 Å². The molecule has 0 saturated carbocycles. The first-order valence-corrected chi connectivity index (χ1v) is 6.03. The van der Waals surface area contributed by atoms with E-state index in [4.69, 9.17) is 9.47 Å². The number of anilines is 2. The van der Waals surface area contributed by atoms with Crippen molar-refractivity contribution in [2.45, 2.75) is 6.92 Å². The number of methoxy groups -OCH3 is 2. The van der Waals surface area contributed by atoms with Gasteiger partial charge in [0.2, 0.25) is 0 Å². The van der Waals surface area contributed by atoms with Gasteiger partial charge in [-0.15, -0.1) is 0 Å². The molecule has 0 bridgehead atoms. The van der Waals surface area contributed by atoms with Crippen LogP contribution >= 0.6 is 0 Å². The minimum absolute atomic E-state index is 0.519. The minimum atomic E-state index is 0.519. The number of nitrogens with one attached hydrogen (secondary N) is 1. The van der Waals surface area contributed by atoms with Crippen molar-refractivity contribution in [3.05, 3.63) is 29.5 Å². The van der Waals surface area contributed by atoms with Crippen molar-refractivity contribution < 1.29 is 9.47 Å². The Labute approximate surface area is 117 Å². The first kappa shape index (κ1) is 13.7. The van der Waals surface area contributed by atoms with Crippen LogP contribution < -0.4 is 14.8 Å². The van der Waals surface area contributed by atoms with Gasteiger partial charge >= 0.3 is 0 Å². The van der Waals surface area contributed by atoms with Gasteiger partial charge in [0.15, 0.2) is 0 Å². The molecule has 0 radical (unpaired) electrons.